The maximum absolute atomic E-state index is 5.88. The van der Waals surface area contributed by atoms with E-state index >= 15 is 0 Å². The van der Waals surface area contributed by atoms with Gasteiger partial charge in [-0.3, -0.25) is 0 Å². The van der Waals surface area contributed by atoms with E-state index in [0.29, 0.717) is 5.92 Å². The second-order valence-corrected chi connectivity index (χ2v) is 9.50. The van der Waals surface area contributed by atoms with Crippen molar-refractivity contribution >= 4 is 22.9 Å². The average Bonchev–Trinajstić information content (AvgIpc) is 2.71. The highest BCUT2D eigenvalue weighted by Crippen LogP contribution is 2.44. The lowest BCUT2D eigenvalue weighted by Crippen LogP contribution is -2.48. The van der Waals surface area contributed by atoms with Crippen molar-refractivity contribution in [3.05, 3.63) is 65.2 Å². The molecule has 0 radical (unpaired) electrons. The molecule has 0 spiro atoms. The van der Waals surface area contributed by atoms with Gasteiger partial charge in [0, 0.05) is 36.4 Å². The van der Waals surface area contributed by atoms with Gasteiger partial charge in [0.05, 0.1) is 0 Å². The fourth-order valence-corrected chi connectivity index (χ4v) is 5.28. The third kappa shape index (κ3) is 3.82. The van der Waals surface area contributed by atoms with Gasteiger partial charge in [-0.2, -0.15) is 0 Å². The van der Waals surface area contributed by atoms with Crippen LogP contribution in [0.15, 0.2) is 48.5 Å². The Bertz CT molecular complexity index is 837. The summed E-state index contributed by atoms with van der Waals surface area (Å²) in [6.07, 6.45) is 5.03. The van der Waals surface area contributed by atoms with Crippen molar-refractivity contribution in [3.8, 4) is 0 Å². The summed E-state index contributed by atoms with van der Waals surface area (Å²) in [4.78, 5) is 6.03. The van der Waals surface area contributed by atoms with Crippen molar-refractivity contribution < 1.29 is 0 Å². The van der Waals surface area contributed by atoms with Crippen LogP contribution in [0.5, 0.6) is 0 Å². The number of anilines is 1. The van der Waals surface area contributed by atoms with E-state index in [9.17, 15) is 0 Å². The van der Waals surface area contributed by atoms with Crippen LogP contribution in [0, 0.1) is 0 Å². The van der Waals surface area contributed by atoms with Gasteiger partial charge in [0.1, 0.15) is 4.99 Å². The lowest BCUT2D eigenvalue weighted by atomic mass is 9.79. The average molecular weight is 393 g/mol. The van der Waals surface area contributed by atoms with Gasteiger partial charge >= 0.3 is 0 Å². The minimum atomic E-state index is 0.136. The van der Waals surface area contributed by atoms with E-state index in [1.807, 2.05) is 0 Å². The molecule has 2 aliphatic rings. The lowest BCUT2D eigenvalue weighted by Gasteiger charge is -2.48. The minimum Gasteiger partial charge on any atom is -0.362 e. The van der Waals surface area contributed by atoms with Crippen molar-refractivity contribution in [2.45, 2.75) is 64.5 Å². The zero-order valence-corrected chi connectivity index (χ0v) is 18.3. The van der Waals surface area contributed by atoms with Crippen LogP contribution in [0.2, 0.25) is 0 Å². The van der Waals surface area contributed by atoms with Gasteiger partial charge in [-0.05, 0) is 74.8 Å². The number of piperidine rings is 1. The summed E-state index contributed by atoms with van der Waals surface area (Å²) in [5.41, 5.74) is 5.55. The molecule has 28 heavy (non-hydrogen) atoms. The van der Waals surface area contributed by atoms with Gasteiger partial charge < -0.3 is 9.80 Å². The van der Waals surface area contributed by atoms with Gasteiger partial charge in [0.15, 0.2) is 0 Å². The van der Waals surface area contributed by atoms with E-state index in [1.165, 1.54) is 41.6 Å². The number of benzene rings is 2. The molecule has 0 unspecified atom stereocenters. The van der Waals surface area contributed by atoms with E-state index in [1.54, 1.807) is 0 Å². The number of hydrogen-bond donors (Lipinski definition) is 0. The Morgan fingerprint density at radius 3 is 2.46 bits per heavy atom. The quantitative estimate of drug-likeness (QED) is 0.579. The van der Waals surface area contributed by atoms with Crippen molar-refractivity contribution in [3.63, 3.8) is 0 Å². The fraction of sp³-hybridized carbons (Fsp3) is 0.480. The fourth-order valence-electron chi connectivity index (χ4n) is 4.97. The first-order valence-electron chi connectivity index (χ1n) is 10.7. The SMILES string of the molecule is C[C@H]1CC(C)(C)N(Cc2ccccc2)c2ccc(C(=S)N3CCCCC3)cc21. The highest BCUT2D eigenvalue weighted by atomic mass is 32.1. The monoisotopic (exact) mass is 392 g/mol. The van der Waals surface area contributed by atoms with Crippen LogP contribution < -0.4 is 4.90 Å². The molecule has 4 rings (SSSR count). The zero-order chi connectivity index (χ0) is 19.7. The maximum atomic E-state index is 5.88. The molecule has 1 atom stereocenters. The number of hydrogen-bond acceptors (Lipinski definition) is 2. The first-order valence-corrected chi connectivity index (χ1v) is 11.1. The molecule has 0 aliphatic carbocycles. The van der Waals surface area contributed by atoms with Crippen LogP contribution in [0.25, 0.3) is 0 Å². The van der Waals surface area contributed by atoms with E-state index < -0.39 is 0 Å². The molecule has 2 aromatic carbocycles. The normalized spacial score (nSPS) is 21.3. The van der Waals surface area contributed by atoms with Gasteiger partial charge in [-0.25, -0.2) is 0 Å². The van der Waals surface area contributed by atoms with Crippen molar-refractivity contribution in [1.82, 2.24) is 4.90 Å². The van der Waals surface area contributed by atoms with Crippen LogP contribution in [-0.2, 0) is 6.54 Å². The highest BCUT2D eigenvalue weighted by Gasteiger charge is 2.36. The summed E-state index contributed by atoms with van der Waals surface area (Å²) < 4.78 is 0. The molecule has 1 fully saturated rings. The van der Waals surface area contributed by atoms with Crippen LogP contribution in [0.1, 0.15) is 69.1 Å². The molecule has 0 N–H and O–H groups in total. The molecule has 3 heteroatoms. The molecule has 2 heterocycles. The molecule has 0 aromatic heterocycles. The highest BCUT2D eigenvalue weighted by molar-refractivity contribution is 7.80. The summed E-state index contributed by atoms with van der Waals surface area (Å²) in [6, 6.07) is 17.8. The summed E-state index contributed by atoms with van der Waals surface area (Å²) >= 11 is 5.88. The molecule has 2 aliphatic heterocycles. The number of fused-ring (bicyclic) bond motifs is 1. The number of nitrogens with zero attached hydrogens (tertiary/aromatic N) is 2. The van der Waals surface area contributed by atoms with Crippen molar-refractivity contribution in [2.24, 2.45) is 0 Å². The van der Waals surface area contributed by atoms with Gasteiger partial charge in [-0.15, -0.1) is 0 Å². The topological polar surface area (TPSA) is 6.48 Å². The summed E-state index contributed by atoms with van der Waals surface area (Å²) in [7, 11) is 0. The van der Waals surface area contributed by atoms with Crippen LogP contribution in [0.4, 0.5) is 5.69 Å². The van der Waals surface area contributed by atoms with E-state index in [-0.39, 0.29) is 5.54 Å². The maximum Gasteiger partial charge on any atom is 0.109 e. The lowest BCUT2D eigenvalue weighted by molar-refractivity contribution is 0.347. The summed E-state index contributed by atoms with van der Waals surface area (Å²) in [5, 5.41) is 0. The Balaban J connectivity index is 1.66. The predicted octanol–water partition coefficient (Wildman–Crippen LogP) is 6.14. The van der Waals surface area contributed by atoms with Crippen molar-refractivity contribution in [2.75, 3.05) is 18.0 Å². The van der Waals surface area contributed by atoms with Gasteiger partial charge in [0.2, 0.25) is 0 Å². The van der Waals surface area contributed by atoms with Gasteiger partial charge in [0.25, 0.3) is 0 Å². The second kappa shape index (κ2) is 7.87. The summed E-state index contributed by atoms with van der Waals surface area (Å²) in [5.74, 6) is 0.543. The van der Waals surface area contributed by atoms with E-state index in [0.717, 1.165) is 31.0 Å². The van der Waals surface area contributed by atoms with Gasteiger partial charge in [-0.1, -0.05) is 49.5 Å². The molecule has 1 saturated heterocycles. The predicted molar refractivity (Wildman–Crippen MR) is 123 cm³/mol. The van der Waals surface area contributed by atoms with Crippen molar-refractivity contribution in [1.29, 1.82) is 0 Å². The van der Waals surface area contributed by atoms with E-state index in [4.69, 9.17) is 12.2 Å². The first kappa shape index (κ1) is 19.4. The largest absolute Gasteiger partial charge is 0.362 e. The zero-order valence-electron chi connectivity index (χ0n) is 17.4. The molecule has 0 bridgehead atoms. The van der Waals surface area contributed by atoms with Crippen LogP contribution in [0.3, 0.4) is 0 Å². The second-order valence-electron chi connectivity index (χ2n) is 9.12. The Labute approximate surface area is 175 Å². The molecule has 2 aromatic rings. The number of likely N-dealkylation sites (tertiary alicyclic amines) is 1. The summed E-state index contributed by atoms with van der Waals surface area (Å²) in [6.45, 7) is 10.3. The standard InChI is InChI=1S/C25H32N2S/c1-19-17-25(2,3)27(18-20-10-6-4-7-11-20)23-13-12-21(16-22(19)23)24(28)26-14-8-5-9-15-26/h4,6-7,10-13,16,19H,5,8-9,14-15,17-18H2,1-3H3/t19-/m0/s1. The molecule has 148 valence electrons. The molecule has 0 saturated carbocycles. The molecule has 2 nitrogen and oxygen atoms in total. The minimum absolute atomic E-state index is 0.136. The third-order valence-corrected chi connectivity index (χ3v) is 6.95. The molecular formula is C25H32N2S. The molecule has 0 amide bonds. The Morgan fingerprint density at radius 2 is 1.75 bits per heavy atom. The Kier molecular flexibility index (Phi) is 5.46. The van der Waals surface area contributed by atoms with Crippen LogP contribution >= 0.6 is 12.2 Å². The Hall–Kier alpha value is -1.87. The molecular weight excluding hydrogens is 360 g/mol. The van der Waals surface area contributed by atoms with Crippen LogP contribution in [-0.4, -0.2) is 28.5 Å². The smallest absolute Gasteiger partial charge is 0.109 e. The van der Waals surface area contributed by atoms with E-state index in [2.05, 4.69) is 79.1 Å². The Morgan fingerprint density at radius 1 is 1.04 bits per heavy atom. The number of thiocarbonyl (C=S) groups is 1. The third-order valence-electron chi connectivity index (χ3n) is 6.46. The number of rotatable bonds is 3. The first-order chi connectivity index (χ1) is 13.5.